The number of nitrogens with zero attached hydrogens (tertiary/aromatic N) is 3. The first-order valence-corrected chi connectivity index (χ1v) is 17.0. The van der Waals surface area contributed by atoms with E-state index in [2.05, 4.69) is 43.0 Å². The first kappa shape index (κ1) is 36.8. The second kappa shape index (κ2) is 17.4. The Morgan fingerprint density at radius 3 is 2.02 bits per heavy atom. The van der Waals surface area contributed by atoms with Gasteiger partial charge in [-0.2, -0.15) is 0 Å². The molecule has 2 N–H and O–H groups in total. The molecule has 0 radical (unpaired) electrons. The SMILES string of the molecule is CCCCCCCOc1ccc(-c2cnc(-c3ccc(C[C@H](NC(=O)c4ccc(C(C)(C)C)cc4)C(=O)N(C)CC(=O)O)cc3)nc2)cc1. The van der Waals surface area contributed by atoms with Crippen molar-refractivity contribution in [3.8, 4) is 28.3 Å². The van der Waals surface area contributed by atoms with Gasteiger partial charge in [-0.25, -0.2) is 9.97 Å². The second-order valence-corrected chi connectivity index (χ2v) is 13.4. The fourth-order valence-corrected chi connectivity index (χ4v) is 5.40. The van der Waals surface area contributed by atoms with E-state index in [0.717, 1.165) is 51.5 Å². The predicted octanol–water partition coefficient (Wildman–Crippen LogP) is 7.34. The summed E-state index contributed by atoms with van der Waals surface area (Å²) in [5.41, 5.74) is 4.90. The van der Waals surface area contributed by atoms with Crippen molar-refractivity contribution >= 4 is 17.8 Å². The minimum Gasteiger partial charge on any atom is -0.494 e. The number of benzene rings is 3. The third-order valence-electron chi connectivity index (χ3n) is 8.37. The van der Waals surface area contributed by atoms with Gasteiger partial charge in [-0.15, -0.1) is 0 Å². The average Bonchev–Trinajstić information content (AvgIpc) is 3.09. The molecule has 0 unspecified atom stereocenters. The zero-order valence-electron chi connectivity index (χ0n) is 29.2. The fraction of sp³-hybridized carbons (Fsp3) is 0.375. The Kier molecular flexibility index (Phi) is 13.0. The molecule has 0 saturated carbocycles. The summed E-state index contributed by atoms with van der Waals surface area (Å²) >= 11 is 0. The largest absolute Gasteiger partial charge is 0.494 e. The van der Waals surface area contributed by atoms with Crippen LogP contribution in [0.25, 0.3) is 22.5 Å². The summed E-state index contributed by atoms with van der Waals surface area (Å²) in [6, 6.07) is 21.7. The molecule has 49 heavy (non-hydrogen) atoms. The van der Waals surface area contributed by atoms with E-state index in [1.165, 1.54) is 32.7 Å². The molecule has 0 bridgehead atoms. The lowest BCUT2D eigenvalue weighted by Crippen LogP contribution is -2.49. The van der Waals surface area contributed by atoms with Crippen molar-refractivity contribution in [1.82, 2.24) is 20.2 Å². The van der Waals surface area contributed by atoms with E-state index < -0.39 is 30.4 Å². The molecule has 9 heteroatoms. The van der Waals surface area contributed by atoms with Crippen molar-refractivity contribution in [2.45, 2.75) is 77.7 Å². The average molecular weight is 665 g/mol. The number of hydrogen-bond acceptors (Lipinski definition) is 6. The van der Waals surface area contributed by atoms with Crippen LogP contribution in [0.2, 0.25) is 0 Å². The van der Waals surface area contributed by atoms with Crippen LogP contribution in [0.1, 0.15) is 81.3 Å². The molecule has 4 rings (SSSR count). The molecule has 4 aromatic rings. The van der Waals surface area contributed by atoms with Crippen LogP contribution in [0.4, 0.5) is 0 Å². The smallest absolute Gasteiger partial charge is 0.323 e. The van der Waals surface area contributed by atoms with Crippen molar-refractivity contribution in [2.24, 2.45) is 0 Å². The number of rotatable bonds is 16. The van der Waals surface area contributed by atoms with E-state index in [1.807, 2.05) is 60.7 Å². The van der Waals surface area contributed by atoms with Gasteiger partial charge >= 0.3 is 5.97 Å². The van der Waals surface area contributed by atoms with Crippen molar-refractivity contribution in [1.29, 1.82) is 0 Å². The van der Waals surface area contributed by atoms with Gasteiger partial charge in [0.2, 0.25) is 5.91 Å². The molecular weight excluding hydrogens is 616 g/mol. The number of aliphatic carboxylic acids is 1. The number of hydrogen-bond donors (Lipinski definition) is 2. The van der Waals surface area contributed by atoms with Crippen molar-refractivity contribution in [3.05, 3.63) is 102 Å². The zero-order chi connectivity index (χ0) is 35.4. The molecule has 0 saturated heterocycles. The van der Waals surface area contributed by atoms with E-state index in [9.17, 15) is 19.5 Å². The van der Waals surface area contributed by atoms with Crippen LogP contribution in [0.3, 0.4) is 0 Å². The summed E-state index contributed by atoms with van der Waals surface area (Å²) in [5.74, 6) is -0.633. The van der Waals surface area contributed by atoms with E-state index >= 15 is 0 Å². The van der Waals surface area contributed by atoms with Gasteiger partial charge in [0, 0.05) is 42.6 Å². The number of carbonyl (C=O) groups excluding carboxylic acids is 2. The highest BCUT2D eigenvalue weighted by Crippen LogP contribution is 2.25. The topological polar surface area (TPSA) is 122 Å². The van der Waals surface area contributed by atoms with Crippen LogP contribution in [-0.4, -0.2) is 64.0 Å². The van der Waals surface area contributed by atoms with Gasteiger partial charge < -0.3 is 20.1 Å². The summed E-state index contributed by atoms with van der Waals surface area (Å²) in [4.78, 5) is 48.1. The van der Waals surface area contributed by atoms with Crippen molar-refractivity contribution < 1.29 is 24.2 Å². The predicted molar refractivity (Wildman–Crippen MR) is 193 cm³/mol. The number of unbranched alkanes of at least 4 members (excludes halogenated alkanes) is 4. The van der Waals surface area contributed by atoms with E-state index in [4.69, 9.17) is 4.74 Å². The maximum absolute atomic E-state index is 13.3. The van der Waals surface area contributed by atoms with E-state index in [0.29, 0.717) is 11.4 Å². The van der Waals surface area contributed by atoms with Gasteiger partial charge in [-0.1, -0.05) is 102 Å². The highest BCUT2D eigenvalue weighted by Gasteiger charge is 2.26. The maximum Gasteiger partial charge on any atom is 0.323 e. The number of amides is 2. The quantitative estimate of drug-likeness (QED) is 0.120. The van der Waals surface area contributed by atoms with Crippen molar-refractivity contribution in [2.75, 3.05) is 20.2 Å². The highest BCUT2D eigenvalue weighted by molar-refractivity contribution is 5.98. The number of ether oxygens (including phenoxy) is 1. The maximum atomic E-state index is 13.3. The fourth-order valence-electron chi connectivity index (χ4n) is 5.40. The van der Waals surface area contributed by atoms with Crippen LogP contribution < -0.4 is 10.1 Å². The summed E-state index contributed by atoms with van der Waals surface area (Å²) in [6.07, 6.45) is 9.76. The standard InChI is InChI=1S/C40H48N4O5/c1-6-7-8-9-10-23-49-34-21-17-29(18-22-34)32-25-41-37(42-26-32)30-13-11-28(12-14-30)24-35(39(48)44(5)27-36(45)46)43-38(47)31-15-19-33(20-16-31)40(2,3)4/h11-22,25-26,35H,6-10,23-24,27H2,1-5H3,(H,43,47)(H,45,46)/t35-/m0/s1. The molecule has 1 atom stereocenters. The van der Waals surface area contributed by atoms with Gasteiger partial charge in [-0.05, 0) is 52.8 Å². The number of carbonyl (C=O) groups is 3. The molecule has 9 nitrogen and oxygen atoms in total. The Balaban J connectivity index is 1.40. The van der Waals surface area contributed by atoms with Crippen LogP contribution >= 0.6 is 0 Å². The Morgan fingerprint density at radius 1 is 0.816 bits per heavy atom. The molecular formula is C40H48N4O5. The third-order valence-corrected chi connectivity index (χ3v) is 8.37. The minimum atomic E-state index is -1.14. The number of carboxylic acid groups (broad SMARTS) is 1. The Bertz CT molecular complexity index is 1660. The van der Waals surface area contributed by atoms with Crippen LogP contribution in [0, 0.1) is 0 Å². The van der Waals surface area contributed by atoms with Crippen molar-refractivity contribution in [3.63, 3.8) is 0 Å². The summed E-state index contributed by atoms with van der Waals surface area (Å²) in [6.45, 7) is 8.73. The van der Waals surface area contributed by atoms with Gasteiger partial charge in [-0.3, -0.25) is 14.4 Å². The lowest BCUT2D eigenvalue weighted by molar-refractivity contribution is -0.144. The highest BCUT2D eigenvalue weighted by atomic mass is 16.5. The monoisotopic (exact) mass is 664 g/mol. The molecule has 0 fully saturated rings. The summed E-state index contributed by atoms with van der Waals surface area (Å²) < 4.78 is 5.88. The molecule has 0 aliphatic heterocycles. The Morgan fingerprint density at radius 2 is 1.43 bits per heavy atom. The Labute approximate surface area is 289 Å². The molecule has 2 amide bonds. The van der Waals surface area contributed by atoms with Gasteiger partial charge in [0.1, 0.15) is 18.3 Å². The molecule has 0 spiro atoms. The molecule has 1 aromatic heterocycles. The summed E-state index contributed by atoms with van der Waals surface area (Å²) in [5, 5.41) is 12.1. The van der Waals surface area contributed by atoms with Crippen LogP contribution in [-0.2, 0) is 21.4 Å². The number of likely N-dealkylation sites (N-methyl/N-ethyl adjacent to an activating group) is 1. The molecule has 1 heterocycles. The zero-order valence-corrected chi connectivity index (χ0v) is 29.2. The van der Waals surface area contributed by atoms with Gasteiger partial charge in [0.05, 0.1) is 6.61 Å². The minimum absolute atomic E-state index is 0.0684. The van der Waals surface area contributed by atoms with Gasteiger partial charge in [0.15, 0.2) is 5.82 Å². The molecule has 0 aliphatic carbocycles. The lowest BCUT2D eigenvalue weighted by Gasteiger charge is -2.24. The summed E-state index contributed by atoms with van der Waals surface area (Å²) in [7, 11) is 1.41. The molecule has 258 valence electrons. The van der Waals surface area contributed by atoms with Crippen LogP contribution in [0.5, 0.6) is 5.75 Å². The van der Waals surface area contributed by atoms with E-state index in [1.54, 1.807) is 24.5 Å². The Hall–Kier alpha value is -5.05. The number of nitrogens with one attached hydrogen (secondary N) is 1. The first-order valence-electron chi connectivity index (χ1n) is 17.0. The second-order valence-electron chi connectivity index (χ2n) is 13.4. The number of carboxylic acids is 1. The number of aromatic nitrogens is 2. The molecule has 0 aliphatic rings. The lowest BCUT2D eigenvalue weighted by atomic mass is 9.86. The normalized spacial score (nSPS) is 11.9. The molecule has 3 aromatic carbocycles. The van der Waals surface area contributed by atoms with Crippen LogP contribution in [0.15, 0.2) is 85.2 Å². The third kappa shape index (κ3) is 11.0. The van der Waals surface area contributed by atoms with Gasteiger partial charge in [0.25, 0.3) is 5.91 Å². The van der Waals surface area contributed by atoms with E-state index in [-0.39, 0.29) is 11.8 Å². The first-order chi connectivity index (χ1) is 23.4.